The van der Waals surface area contributed by atoms with Crippen molar-refractivity contribution < 1.29 is 19.4 Å². The first-order valence-electron chi connectivity index (χ1n) is 9.92. The third kappa shape index (κ3) is 3.83. The standard InChI is InChI=1S/C24H25NO4/c1-16-11-20-15-29-23(28)24(20,12-16)13-17-7-9-19(10-8-17)22(27)25-14-21(26)18-5-3-2-4-6-18/h2-10,20-21,26H,1,11-15H2,(H,25,27). The van der Waals surface area contributed by atoms with Crippen molar-refractivity contribution in [2.75, 3.05) is 13.2 Å². The van der Waals surface area contributed by atoms with Crippen LogP contribution in [-0.4, -0.2) is 30.1 Å². The molecule has 29 heavy (non-hydrogen) atoms. The molecule has 1 amide bonds. The first kappa shape index (κ1) is 19.4. The number of benzene rings is 2. The van der Waals surface area contributed by atoms with Crippen LogP contribution in [0.15, 0.2) is 66.7 Å². The summed E-state index contributed by atoms with van der Waals surface area (Å²) in [6.45, 7) is 4.69. The summed E-state index contributed by atoms with van der Waals surface area (Å²) in [6, 6.07) is 16.5. The van der Waals surface area contributed by atoms with Gasteiger partial charge in [0.05, 0.1) is 18.1 Å². The Morgan fingerprint density at radius 3 is 2.66 bits per heavy atom. The van der Waals surface area contributed by atoms with E-state index in [9.17, 15) is 14.7 Å². The smallest absolute Gasteiger partial charge is 0.313 e. The van der Waals surface area contributed by atoms with E-state index in [-0.39, 0.29) is 24.3 Å². The summed E-state index contributed by atoms with van der Waals surface area (Å²) in [5.74, 6) is -0.167. The van der Waals surface area contributed by atoms with Crippen molar-refractivity contribution in [2.24, 2.45) is 11.3 Å². The predicted octanol–water partition coefficient (Wildman–Crippen LogP) is 3.20. The van der Waals surface area contributed by atoms with Gasteiger partial charge in [0.15, 0.2) is 0 Å². The maximum atomic E-state index is 12.4. The van der Waals surface area contributed by atoms with E-state index in [1.165, 1.54) is 0 Å². The van der Waals surface area contributed by atoms with Gasteiger partial charge in [-0.3, -0.25) is 9.59 Å². The summed E-state index contributed by atoms with van der Waals surface area (Å²) in [4.78, 5) is 24.8. The lowest BCUT2D eigenvalue weighted by Gasteiger charge is -2.24. The molecule has 1 saturated heterocycles. The molecule has 3 unspecified atom stereocenters. The monoisotopic (exact) mass is 391 g/mol. The highest BCUT2D eigenvalue weighted by atomic mass is 16.5. The highest BCUT2D eigenvalue weighted by Crippen LogP contribution is 2.52. The number of amides is 1. The number of esters is 1. The molecule has 5 heteroatoms. The Balaban J connectivity index is 1.38. The summed E-state index contributed by atoms with van der Waals surface area (Å²) < 4.78 is 5.33. The maximum absolute atomic E-state index is 12.4. The molecule has 2 fully saturated rings. The highest BCUT2D eigenvalue weighted by Gasteiger charge is 2.55. The number of ether oxygens (including phenoxy) is 1. The fourth-order valence-corrected chi connectivity index (χ4v) is 4.49. The van der Waals surface area contributed by atoms with Gasteiger partial charge in [-0.15, -0.1) is 0 Å². The summed E-state index contributed by atoms with van der Waals surface area (Å²) >= 11 is 0. The number of cyclic esters (lactones) is 1. The van der Waals surface area contributed by atoms with Gasteiger partial charge in [0.1, 0.15) is 0 Å². The number of carbonyl (C=O) groups is 2. The van der Waals surface area contributed by atoms with E-state index < -0.39 is 11.5 Å². The van der Waals surface area contributed by atoms with Gasteiger partial charge in [-0.2, -0.15) is 0 Å². The molecule has 2 aromatic carbocycles. The van der Waals surface area contributed by atoms with E-state index in [4.69, 9.17) is 4.74 Å². The molecule has 0 aromatic heterocycles. The third-order valence-electron chi connectivity index (χ3n) is 6.08. The van der Waals surface area contributed by atoms with E-state index >= 15 is 0 Å². The number of rotatable bonds is 6. The molecule has 0 bridgehead atoms. The molecule has 1 saturated carbocycles. The molecule has 0 spiro atoms. The number of nitrogens with one attached hydrogen (secondary N) is 1. The SMILES string of the molecule is C=C1CC2COC(=O)C2(Cc2ccc(C(=O)NCC(O)c3ccccc3)cc2)C1. The number of fused-ring (bicyclic) bond motifs is 1. The van der Waals surface area contributed by atoms with Crippen LogP contribution in [0.1, 0.15) is 40.4 Å². The average molecular weight is 391 g/mol. The number of carbonyl (C=O) groups excluding carboxylic acids is 2. The summed E-state index contributed by atoms with van der Waals surface area (Å²) in [5.41, 5.74) is 2.90. The van der Waals surface area contributed by atoms with Crippen LogP contribution in [0.5, 0.6) is 0 Å². The number of allylic oxidation sites excluding steroid dienone is 1. The van der Waals surface area contributed by atoms with Gasteiger partial charge in [0.2, 0.25) is 0 Å². The lowest BCUT2D eigenvalue weighted by molar-refractivity contribution is -0.146. The predicted molar refractivity (Wildman–Crippen MR) is 109 cm³/mol. The molecule has 2 aromatic rings. The van der Waals surface area contributed by atoms with Gasteiger partial charge in [0.25, 0.3) is 5.91 Å². The van der Waals surface area contributed by atoms with Crippen molar-refractivity contribution in [3.05, 3.63) is 83.4 Å². The minimum absolute atomic E-state index is 0.127. The average Bonchev–Trinajstić information content (AvgIpc) is 3.21. The number of aliphatic hydroxyl groups excluding tert-OH is 1. The number of hydrogen-bond donors (Lipinski definition) is 2. The fraction of sp³-hybridized carbons (Fsp3) is 0.333. The zero-order valence-electron chi connectivity index (χ0n) is 16.3. The fourth-order valence-electron chi connectivity index (χ4n) is 4.49. The van der Waals surface area contributed by atoms with E-state index in [0.717, 1.165) is 23.1 Å². The molecule has 3 atom stereocenters. The minimum Gasteiger partial charge on any atom is -0.465 e. The Morgan fingerprint density at radius 2 is 1.93 bits per heavy atom. The van der Waals surface area contributed by atoms with Crippen molar-refractivity contribution in [1.29, 1.82) is 0 Å². The molecule has 2 N–H and O–H groups in total. The van der Waals surface area contributed by atoms with Crippen LogP contribution < -0.4 is 5.32 Å². The van der Waals surface area contributed by atoms with Gasteiger partial charge >= 0.3 is 5.97 Å². The van der Waals surface area contributed by atoms with Crippen LogP contribution in [0.4, 0.5) is 0 Å². The molecule has 1 aliphatic carbocycles. The summed E-state index contributed by atoms with van der Waals surface area (Å²) in [7, 11) is 0. The first-order chi connectivity index (χ1) is 14.0. The lowest BCUT2D eigenvalue weighted by atomic mass is 9.75. The Labute approximate surface area is 170 Å². The van der Waals surface area contributed by atoms with Crippen LogP contribution in [0.2, 0.25) is 0 Å². The topological polar surface area (TPSA) is 75.6 Å². The molecular weight excluding hydrogens is 366 g/mol. The molecule has 5 nitrogen and oxygen atoms in total. The van der Waals surface area contributed by atoms with Crippen molar-refractivity contribution in [3.8, 4) is 0 Å². The zero-order chi connectivity index (χ0) is 20.4. The Hall–Kier alpha value is -2.92. The molecule has 4 rings (SSSR count). The molecule has 1 heterocycles. The Kier molecular flexibility index (Phi) is 5.24. The highest BCUT2D eigenvalue weighted by molar-refractivity contribution is 5.94. The number of hydrogen-bond acceptors (Lipinski definition) is 4. The molecule has 1 aliphatic heterocycles. The van der Waals surface area contributed by atoms with Crippen molar-refractivity contribution in [1.82, 2.24) is 5.32 Å². The molecule has 0 radical (unpaired) electrons. The van der Waals surface area contributed by atoms with Crippen molar-refractivity contribution in [3.63, 3.8) is 0 Å². The Morgan fingerprint density at radius 1 is 1.21 bits per heavy atom. The van der Waals surface area contributed by atoms with Crippen LogP contribution in [-0.2, 0) is 16.0 Å². The molecule has 2 aliphatic rings. The van der Waals surface area contributed by atoms with E-state index in [1.807, 2.05) is 42.5 Å². The lowest BCUT2D eigenvalue weighted by Crippen LogP contribution is -2.31. The van der Waals surface area contributed by atoms with Gasteiger partial charge < -0.3 is 15.2 Å². The van der Waals surface area contributed by atoms with Gasteiger partial charge in [-0.05, 0) is 42.5 Å². The second-order valence-corrected chi connectivity index (χ2v) is 8.09. The number of aliphatic hydroxyl groups is 1. The van der Waals surface area contributed by atoms with Gasteiger partial charge in [-0.1, -0.05) is 54.6 Å². The third-order valence-corrected chi connectivity index (χ3v) is 6.08. The van der Waals surface area contributed by atoms with Gasteiger partial charge in [-0.25, -0.2) is 0 Å². The summed E-state index contributed by atoms with van der Waals surface area (Å²) in [6.07, 6.45) is 1.37. The normalized spacial score (nSPS) is 24.1. The van der Waals surface area contributed by atoms with E-state index in [0.29, 0.717) is 25.0 Å². The second-order valence-electron chi connectivity index (χ2n) is 8.09. The first-order valence-corrected chi connectivity index (χ1v) is 9.92. The second kappa shape index (κ2) is 7.84. The van der Waals surface area contributed by atoms with Crippen LogP contribution in [0, 0.1) is 11.3 Å². The van der Waals surface area contributed by atoms with E-state index in [2.05, 4.69) is 11.9 Å². The zero-order valence-corrected chi connectivity index (χ0v) is 16.3. The minimum atomic E-state index is -0.751. The largest absolute Gasteiger partial charge is 0.465 e. The van der Waals surface area contributed by atoms with Crippen molar-refractivity contribution >= 4 is 11.9 Å². The van der Waals surface area contributed by atoms with Crippen LogP contribution >= 0.6 is 0 Å². The molecule has 150 valence electrons. The summed E-state index contributed by atoms with van der Waals surface area (Å²) in [5, 5.41) is 13.0. The van der Waals surface area contributed by atoms with Crippen LogP contribution in [0.25, 0.3) is 0 Å². The van der Waals surface area contributed by atoms with Gasteiger partial charge in [0, 0.05) is 18.0 Å². The van der Waals surface area contributed by atoms with E-state index in [1.54, 1.807) is 12.1 Å². The van der Waals surface area contributed by atoms with Crippen LogP contribution in [0.3, 0.4) is 0 Å². The van der Waals surface area contributed by atoms with Crippen molar-refractivity contribution in [2.45, 2.75) is 25.4 Å². The maximum Gasteiger partial charge on any atom is 0.313 e. The quantitative estimate of drug-likeness (QED) is 0.586. The Bertz CT molecular complexity index is 922. The molecular formula is C24H25NO4.